The average molecular weight is 499 g/mol. The molecule has 6 rings (SSSR count). The van der Waals surface area contributed by atoms with Crippen LogP contribution in [0, 0.1) is 0 Å². The molecule has 1 N–H and O–H groups in total. The molecule has 10 nitrogen and oxygen atoms in total. The van der Waals surface area contributed by atoms with Crippen LogP contribution in [0.5, 0.6) is 0 Å². The highest BCUT2D eigenvalue weighted by Gasteiger charge is 2.32. The van der Waals surface area contributed by atoms with Crippen molar-refractivity contribution in [3.8, 4) is 11.3 Å². The molecule has 5 heterocycles. The Balaban J connectivity index is 1.54. The molecular formula is C27H26N6O4. The average Bonchev–Trinajstić information content (AvgIpc) is 3.65. The molecule has 1 saturated heterocycles. The van der Waals surface area contributed by atoms with Gasteiger partial charge < -0.3 is 24.0 Å². The van der Waals surface area contributed by atoms with Gasteiger partial charge in [0.1, 0.15) is 11.8 Å². The summed E-state index contributed by atoms with van der Waals surface area (Å²) in [5, 5.41) is 15.5. The van der Waals surface area contributed by atoms with E-state index in [1.807, 2.05) is 49.6 Å². The van der Waals surface area contributed by atoms with Gasteiger partial charge in [-0.15, -0.1) is 0 Å². The van der Waals surface area contributed by atoms with Crippen LogP contribution in [-0.2, 0) is 16.0 Å². The number of aromatic nitrogens is 5. The SMILES string of the molecule is CO[C@@H]1COC[C@H]1n1cc(-c2cc(N(C)Cc3ccccc3)c3ncc(C(=O)O)n3n2)c2cccnc21. The van der Waals surface area contributed by atoms with Gasteiger partial charge in [0.2, 0.25) is 0 Å². The molecule has 0 bridgehead atoms. The van der Waals surface area contributed by atoms with E-state index in [9.17, 15) is 9.90 Å². The van der Waals surface area contributed by atoms with E-state index in [-0.39, 0.29) is 17.8 Å². The summed E-state index contributed by atoms with van der Waals surface area (Å²) in [6.45, 7) is 1.65. The number of rotatable bonds is 7. The molecule has 4 aromatic heterocycles. The summed E-state index contributed by atoms with van der Waals surface area (Å²) in [5.41, 5.74) is 4.62. The molecule has 10 heteroatoms. The molecule has 188 valence electrons. The van der Waals surface area contributed by atoms with Crippen molar-refractivity contribution in [3.63, 3.8) is 0 Å². The minimum atomic E-state index is -1.09. The second-order valence-electron chi connectivity index (χ2n) is 9.14. The Morgan fingerprint density at radius 3 is 2.78 bits per heavy atom. The fraction of sp³-hybridized carbons (Fsp3) is 0.259. The van der Waals surface area contributed by atoms with Crippen LogP contribution in [0.2, 0.25) is 0 Å². The van der Waals surface area contributed by atoms with E-state index in [1.54, 1.807) is 13.3 Å². The summed E-state index contributed by atoms with van der Waals surface area (Å²) in [6, 6.07) is 15.9. The summed E-state index contributed by atoms with van der Waals surface area (Å²) >= 11 is 0. The number of carboxylic acid groups (broad SMARTS) is 1. The zero-order valence-corrected chi connectivity index (χ0v) is 20.5. The number of fused-ring (bicyclic) bond motifs is 2. The lowest BCUT2D eigenvalue weighted by Crippen LogP contribution is -2.24. The smallest absolute Gasteiger partial charge is 0.356 e. The molecule has 2 atom stereocenters. The zero-order chi connectivity index (χ0) is 25.5. The number of carbonyl (C=O) groups is 1. The summed E-state index contributed by atoms with van der Waals surface area (Å²) in [4.78, 5) is 23.1. The van der Waals surface area contributed by atoms with Crippen LogP contribution < -0.4 is 4.90 Å². The predicted octanol–water partition coefficient (Wildman–Crippen LogP) is 3.67. The Kier molecular flexibility index (Phi) is 5.82. The van der Waals surface area contributed by atoms with Crippen molar-refractivity contribution in [2.75, 3.05) is 32.3 Å². The van der Waals surface area contributed by atoms with Gasteiger partial charge in [0.15, 0.2) is 11.3 Å². The number of imidazole rings is 1. The number of nitrogens with zero attached hydrogens (tertiary/aromatic N) is 6. The summed E-state index contributed by atoms with van der Waals surface area (Å²) in [6.07, 6.45) is 5.02. The van der Waals surface area contributed by atoms with Crippen LogP contribution >= 0.6 is 0 Å². The third kappa shape index (κ3) is 4.00. The van der Waals surface area contributed by atoms with Crippen LogP contribution in [0.1, 0.15) is 22.1 Å². The number of benzene rings is 1. The topological polar surface area (TPSA) is 107 Å². The van der Waals surface area contributed by atoms with E-state index in [2.05, 4.69) is 31.6 Å². The Labute approximate surface area is 212 Å². The maximum Gasteiger partial charge on any atom is 0.356 e. The highest BCUT2D eigenvalue weighted by atomic mass is 16.5. The minimum absolute atomic E-state index is 0.00304. The van der Waals surface area contributed by atoms with Crippen LogP contribution in [-0.4, -0.2) is 68.7 Å². The molecule has 37 heavy (non-hydrogen) atoms. The minimum Gasteiger partial charge on any atom is -0.476 e. The van der Waals surface area contributed by atoms with E-state index in [4.69, 9.17) is 14.6 Å². The molecule has 1 fully saturated rings. The summed E-state index contributed by atoms with van der Waals surface area (Å²) in [7, 11) is 3.65. The molecule has 0 saturated carbocycles. The first-order chi connectivity index (χ1) is 18.0. The van der Waals surface area contributed by atoms with Crippen molar-refractivity contribution in [1.29, 1.82) is 0 Å². The maximum absolute atomic E-state index is 12.0. The Morgan fingerprint density at radius 2 is 2.00 bits per heavy atom. The molecule has 5 aromatic rings. The van der Waals surface area contributed by atoms with Gasteiger partial charge in [0.25, 0.3) is 0 Å². The van der Waals surface area contributed by atoms with E-state index in [0.29, 0.717) is 31.1 Å². The first kappa shape index (κ1) is 23.1. The lowest BCUT2D eigenvalue weighted by Gasteiger charge is -2.21. The number of ether oxygens (including phenoxy) is 2. The standard InChI is InChI=1S/C27H26N6O4/c1-31(13-17-7-4-3-5-8-17)21-11-20(30-33-22(27(34)35)12-29-26(21)33)19-14-32(23-15-37-16-24(23)36-2)25-18(19)9-6-10-28-25/h3-12,14,23-24H,13,15-16H2,1-2H3,(H,34,35)/t23-,24-/m1/s1. The third-order valence-electron chi connectivity index (χ3n) is 6.87. The number of hydrogen-bond donors (Lipinski definition) is 1. The number of anilines is 1. The third-order valence-corrected chi connectivity index (χ3v) is 6.87. The lowest BCUT2D eigenvalue weighted by molar-refractivity contribution is 0.0687. The van der Waals surface area contributed by atoms with Crippen molar-refractivity contribution in [2.24, 2.45) is 0 Å². The number of methoxy groups -OCH3 is 1. The van der Waals surface area contributed by atoms with Gasteiger partial charge in [-0.25, -0.2) is 19.3 Å². The van der Waals surface area contributed by atoms with Crippen LogP contribution in [0.4, 0.5) is 5.69 Å². The first-order valence-electron chi connectivity index (χ1n) is 12.0. The van der Waals surface area contributed by atoms with Gasteiger partial charge >= 0.3 is 5.97 Å². The summed E-state index contributed by atoms with van der Waals surface area (Å²) in [5.74, 6) is -1.09. The molecule has 0 amide bonds. The second kappa shape index (κ2) is 9.30. The Bertz CT molecular complexity index is 1600. The van der Waals surface area contributed by atoms with Crippen LogP contribution in [0.15, 0.2) is 67.1 Å². The predicted molar refractivity (Wildman–Crippen MR) is 138 cm³/mol. The van der Waals surface area contributed by atoms with E-state index in [0.717, 1.165) is 27.8 Å². The first-order valence-corrected chi connectivity index (χ1v) is 12.0. The Morgan fingerprint density at radius 1 is 1.16 bits per heavy atom. The van der Waals surface area contributed by atoms with Gasteiger partial charge in [-0.2, -0.15) is 5.10 Å². The highest BCUT2D eigenvalue weighted by Crippen LogP contribution is 2.35. The van der Waals surface area contributed by atoms with Crippen molar-refractivity contribution < 1.29 is 19.4 Å². The molecular weight excluding hydrogens is 472 g/mol. The molecule has 1 aromatic carbocycles. The van der Waals surface area contributed by atoms with Gasteiger partial charge in [0, 0.05) is 44.0 Å². The lowest BCUT2D eigenvalue weighted by atomic mass is 10.1. The summed E-state index contributed by atoms with van der Waals surface area (Å²) < 4.78 is 14.9. The molecule has 0 spiro atoms. The fourth-order valence-electron chi connectivity index (χ4n) is 5.00. The van der Waals surface area contributed by atoms with Crippen molar-refractivity contribution in [2.45, 2.75) is 18.7 Å². The number of hydrogen-bond acceptors (Lipinski definition) is 7. The monoisotopic (exact) mass is 498 g/mol. The van der Waals surface area contributed by atoms with E-state index in [1.165, 1.54) is 10.7 Å². The van der Waals surface area contributed by atoms with Gasteiger partial charge in [-0.1, -0.05) is 30.3 Å². The van der Waals surface area contributed by atoms with Crippen LogP contribution in [0.3, 0.4) is 0 Å². The molecule has 0 aliphatic carbocycles. The van der Waals surface area contributed by atoms with Crippen molar-refractivity contribution >= 4 is 28.3 Å². The van der Waals surface area contributed by atoms with Gasteiger partial charge in [-0.05, 0) is 23.8 Å². The fourth-order valence-corrected chi connectivity index (χ4v) is 5.00. The largest absolute Gasteiger partial charge is 0.476 e. The normalized spacial score (nSPS) is 17.6. The number of aromatic carboxylic acids is 1. The van der Waals surface area contributed by atoms with Gasteiger partial charge in [-0.3, -0.25) is 0 Å². The maximum atomic E-state index is 12.0. The van der Waals surface area contributed by atoms with Gasteiger partial charge in [0.05, 0.1) is 36.8 Å². The highest BCUT2D eigenvalue weighted by molar-refractivity contribution is 5.95. The molecule has 0 unspecified atom stereocenters. The molecule has 1 aliphatic heterocycles. The number of carboxylic acids is 1. The van der Waals surface area contributed by atoms with Crippen LogP contribution in [0.25, 0.3) is 27.9 Å². The zero-order valence-electron chi connectivity index (χ0n) is 20.5. The molecule has 0 radical (unpaired) electrons. The van der Waals surface area contributed by atoms with Crippen molar-refractivity contribution in [1.82, 2.24) is 24.1 Å². The number of pyridine rings is 1. The van der Waals surface area contributed by atoms with E-state index < -0.39 is 5.97 Å². The molecule has 1 aliphatic rings. The Hall–Kier alpha value is -4.28. The second-order valence-corrected chi connectivity index (χ2v) is 9.14. The van der Waals surface area contributed by atoms with E-state index >= 15 is 0 Å². The van der Waals surface area contributed by atoms with Crippen molar-refractivity contribution in [3.05, 3.63) is 78.4 Å². The quantitative estimate of drug-likeness (QED) is 0.362.